The molecule has 1 saturated heterocycles. The summed E-state index contributed by atoms with van der Waals surface area (Å²) in [4.78, 5) is 4.16. The van der Waals surface area contributed by atoms with Gasteiger partial charge < -0.3 is 45.3 Å². The summed E-state index contributed by atoms with van der Waals surface area (Å²) in [7, 11) is 3.41. The lowest BCUT2D eigenvalue weighted by molar-refractivity contribution is -0.154. The van der Waals surface area contributed by atoms with Crippen LogP contribution in [0.4, 0.5) is 0 Å². The zero-order chi connectivity index (χ0) is 32.4. The molecule has 6 N–H and O–H groups in total. The van der Waals surface area contributed by atoms with Crippen molar-refractivity contribution in [2.45, 2.75) is 88.1 Å². The molecule has 1 saturated carbocycles. The normalized spacial score (nSPS) is 27.8. The van der Waals surface area contributed by atoms with Gasteiger partial charge in [0, 0.05) is 34.9 Å². The number of hydrogen-bond donors (Lipinski definition) is 6. The fraction of sp³-hybridized carbons (Fsp3) is 0.514. The molecule has 46 heavy (non-hydrogen) atoms. The lowest BCUT2D eigenvalue weighted by Crippen LogP contribution is -2.44. The summed E-state index contributed by atoms with van der Waals surface area (Å²) in [5, 5.41) is 57.8. The molecule has 3 aliphatic rings. The first-order valence-corrected chi connectivity index (χ1v) is 16.6. The van der Waals surface area contributed by atoms with E-state index in [-0.39, 0.29) is 35.2 Å². The van der Waals surface area contributed by atoms with Crippen LogP contribution in [0.5, 0.6) is 23.0 Å². The maximum Gasteiger partial charge on any atom is 0.201 e. The van der Waals surface area contributed by atoms with Crippen molar-refractivity contribution in [2.24, 2.45) is 11.8 Å². The molecule has 2 heterocycles. The first-order chi connectivity index (χ1) is 22.3. The Hall–Kier alpha value is -3.50. The summed E-state index contributed by atoms with van der Waals surface area (Å²) in [5.41, 5.74) is 4.33. The number of nitrogens with zero attached hydrogens (tertiary/aromatic N) is 1. The number of fused-ring (bicyclic) bond motifs is 1. The van der Waals surface area contributed by atoms with E-state index in [1.165, 1.54) is 12.7 Å². The number of nitrogens with one attached hydrogen (secondary N) is 1. The Bertz CT molecular complexity index is 1520. The fourth-order valence-electron chi connectivity index (χ4n) is 8.21. The molecule has 0 radical (unpaired) electrons. The van der Waals surface area contributed by atoms with Crippen LogP contribution in [0.25, 0.3) is 0 Å². The van der Waals surface area contributed by atoms with Gasteiger partial charge >= 0.3 is 0 Å². The van der Waals surface area contributed by atoms with Gasteiger partial charge in [-0.1, -0.05) is 35.9 Å². The number of aliphatic hydroxyl groups excluding tert-OH is 2. The Balaban J connectivity index is 1.28. The van der Waals surface area contributed by atoms with Crippen LogP contribution in [0.15, 0.2) is 48.8 Å². The minimum atomic E-state index is -0.635. The summed E-state index contributed by atoms with van der Waals surface area (Å²) in [6.45, 7) is 0.469. The van der Waals surface area contributed by atoms with E-state index in [9.17, 15) is 25.5 Å². The highest BCUT2D eigenvalue weighted by atomic mass is 16.5. The number of methoxy groups -OCH3 is 1. The second kappa shape index (κ2) is 14.1. The standard InChI is InChI=1S/C37H47N2O7/c1-38-12-10-21-4-3-5-25(14-21)27-16-23(7-9-30(27)41)24-6-8-26-31(42)18-33(46-32(26)17-24)34-28(15-22-11-13-39-19-22)37(45-2)36(44)35(43)29(34)20-40/h3,5,7,9,11,13,16,19,21,24-26,31-33,38,40-44H,4,6,8,10,12,14-15,17-18,20H2,1-2H3/q-1/t21-,24+,25+,26+,31-,32-,33-/m0/s1. The number of ether oxygens (including phenoxy) is 2. The number of aromatic hydroxyl groups is 3. The molecule has 3 aromatic rings. The predicted octanol–water partition coefficient (Wildman–Crippen LogP) is 5.29. The lowest BCUT2D eigenvalue weighted by atomic mass is 9.71. The van der Waals surface area contributed by atoms with Crippen molar-refractivity contribution >= 4 is 0 Å². The summed E-state index contributed by atoms with van der Waals surface area (Å²) < 4.78 is 12.4. The zero-order valence-corrected chi connectivity index (χ0v) is 26.7. The Labute approximate surface area is 270 Å². The molecular formula is C37H47N2O7-. The van der Waals surface area contributed by atoms with Crippen LogP contribution in [0.1, 0.15) is 96.3 Å². The maximum atomic E-state index is 11.5. The summed E-state index contributed by atoms with van der Waals surface area (Å²) in [6, 6.07) is 7.88. The van der Waals surface area contributed by atoms with Crippen molar-refractivity contribution in [3.05, 3.63) is 82.2 Å². The van der Waals surface area contributed by atoms with Gasteiger partial charge in [-0.05, 0) is 87.6 Å². The van der Waals surface area contributed by atoms with Crippen molar-refractivity contribution < 1.29 is 35.0 Å². The monoisotopic (exact) mass is 631 g/mol. The average Bonchev–Trinajstić information content (AvgIpc) is 3.58. The third-order valence-electron chi connectivity index (χ3n) is 10.6. The molecule has 248 valence electrons. The predicted molar refractivity (Wildman–Crippen MR) is 174 cm³/mol. The van der Waals surface area contributed by atoms with E-state index >= 15 is 0 Å². The van der Waals surface area contributed by atoms with Crippen molar-refractivity contribution in [2.75, 3.05) is 20.7 Å². The summed E-state index contributed by atoms with van der Waals surface area (Å²) in [5.74, 6) is 0.486. The molecule has 0 amide bonds. The quantitative estimate of drug-likeness (QED) is 0.130. The van der Waals surface area contributed by atoms with Crippen LogP contribution in [0.3, 0.4) is 0 Å². The topological polar surface area (TPSA) is 146 Å². The highest BCUT2D eigenvalue weighted by Gasteiger charge is 2.44. The van der Waals surface area contributed by atoms with Crippen LogP contribution in [-0.4, -0.2) is 58.4 Å². The summed E-state index contributed by atoms with van der Waals surface area (Å²) >= 11 is 0. The highest BCUT2D eigenvalue weighted by molar-refractivity contribution is 5.64. The molecule has 2 fully saturated rings. The first kappa shape index (κ1) is 32.4. The second-order valence-electron chi connectivity index (χ2n) is 13.3. The molecule has 2 aliphatic carbocycles. The minimum absolute atomic E-state index is 0.0359. The van der Waals surface area contributed by atoms with Crippen LogP contribution >= 0.6 is 0 Å². The number of phenols is 3. The number of hydrogen-bond acceptors (Lipinski definition) is 8. The number of allylic oxidation sites excluding steroid dienone is 2. The number of aliphatic hydroxyl groups is 2. The molecule has 6 rings (SSSR count). The van der Waals surface area contributed by atoms with Crippen molar-refractivity contribution in [1.82, 2.24) is 10.3 Å². The van der Waals surface area contributed by atoms with Crippen molar-refractivity contribution in [3.8, 4) is 23.0 Å². The average molecular weight is 632 g/mol. The van der Waals surface area contributed by atoms with Crippen molar-refractivity contribution in [1.29, 1.82) is 0 Å². The van der Waals surface area contributed by atoms with Crippen LogP contribution in [-0.2, 0) is 17.8 Å². The van der Waals surface area contributed by atoms with E-state index in [2.05, 4.69) is 28.5 Å². The van der Waals surface area contributed by atoms with Gasteiger partial charge in [0.1, 0.15) is 5.75 Å². The van der Waals surface area contributed by atoms with Gasteiger partial charge in [0.05, 0.1) is 32.0 Å². The van der Waals surface area contributed by atoms with Crippen LogP contribution in [0, 0.1) is 11.8 Å². The smallest absolute Gasteiger partial charge is 0.201 e. The second-order valence-corrected chi connectivity index (χ2v) is 13.3. The molecule has 7 atom stereocenters. The summed E-state index contributed by atoms with van der Waals surface area (Å²) in [6.07, 6.45) is 12.6. The third-order valence-corrected chi connectivity index (χ3v) is 10.6. The first-order valence-electron chi connectivity index (χ1n) is 16.6. The van der Waals surface area contributed by atoms with Gasteiger partial charge in [-0.25, -0.2) is 0 Å². The number of benzene rings is 2. The van der Waals surface area contributed by atoms with E-state index < -0.39 is 30.3 Å². The molecule has 0 bridgehead atoms. The van der Waals surface area contributed by atoms with Crippen LogP contribution in [0.2, 0.25) is 0 Å². The molecule has 0 spiro atoms. The number of rotatable bonds is 10. The third kappa shape index (κ3) is 6.38. The van der Waals surface area contributed by atoms with Gasteiger partial charge in [-0.15, -0.1) is 0 Å². The maximum absolute atomic E-state index is 11.5. The molecule has 9 heteroatoms. The molecule has 1 aromatic heterocycles. The largest absolute Gasteiger partial charge is 0.670 e. The van der Waals surface area contributed by atoms with Gasteiger partial charge in [0.15, 0.2) is 11.5 Å². The molecule has 2 aromatic carbocycles. The Kier molecular flexibility index (Phi) is 9.94. The van der Waals surface area contributed by atoms with E-state index in [0.717, 1.165) is 49.8 Å². The van der Waals surface area contributed by atoms with Gasteiger partial charge in [0.2, 0.25) is 5.75 Å². The Morgan fingerprint density at radius 1 is 1.04 bits per heavy atom. The van der Waals surface area contributed by atoms with Crippen LogP contribution < -0.4 is 15.0 Å². The number of phenolic OH excluding ortho intramolecular Hbond substituents is 2. The Morgan fingerprint density at radius 3 is 2.63 bits per heavy atom. The van der Waals surface area contributed by atoms with E-state index in [0.29, 0.717) is 42.1 Å². The number of aromatic nitrogens is 1. The lowest BCUT2D eigenvalue weighted by Gasteiger charge is -2.45. The molecule has 0 unspecified atom stereocenters. The van der Waals surface area contributed by atoms with E-state index in [1.807, 2.05) is 25.2 Å². The van der Waals surface area contributed by atoms with E-state index in [1.54, 1.807) is 12.4 Å². The molecule has 9 nitrogen and oxygen atoms in total. The molecule has 1 aliphatic heterocycles. The van der Waals surface area contributed by atoms with Gasteiger partial charge in [-0.2, -0.15) is 12.4 Å². The Morgan fingerprint density at radius 2 is 1.89 bits per heavy atom. The molecular weight excluding hydrogens is 584 g/mol. The van der Waals surface area contributed by atoms with Crippen molar-refractivity contribution in [3.63, 3.8) is 0 Å². The van der Waals surface area contributed by atoms with E-state index in [4.69, 9.17) is 9.47 Å². The highest BCUT2D eigenvalue weighted by Crippen LogP contribution is 2.52. The fourth-order valence-corrected chi connectivity index (χ4v) is 8.21. The minimum Gasteiger partial charge on any atom is -0.670 e. The SMILES string of the molecule is CNCC[C@@H]1CC=C[C@@H](c2cc([C@@H]3CC[C@H]4[C@H](C3)O[C@H](c3c(CO)c(O)c(O)c(OC)c3Cc3cc[n-]c3)C[C@@H]4O)ccc2O)C1. The van der Waals surface area contributed by atoms with Gasteiger partial charge in [0.25, 0.3) is 0 Å². The van der Waals surface area contributed by atoms with Gasteiger partial charge in [-0.3, -0.25) is 0 Å². The zero-order valence-electron chi connectivity index (χ0n) is 26.7.